The Kier molecular flexibility index (Phi) is 6.80. The van der Waals surface area contributed by atoms with Crippen LogP contribution in [0.3, 0.4) is 0 Å². The Morgan fingerprint density at radius 2 is 1.93 bits per heavy atom. The highest BCUT2D eigenvalue weighted by molar-refractivity contribution is 7.89. The lowest BCUT2D eigenvalue weighted by Gasteiger charge is -2.23. The Hall–Kier alpha value is -2.82. The molecule has 0 unspecified atom stereocenters. The Morgan fingerprint density at radius 1 is 1.20 bits per heavy atom. The number of imidazole rings is 1. The largest absolute Gasteiger partial charge is 0.483 e. The normalized spacial score (nSPS) is 18.9. The van der Waals surface area contributed by atoms with E-state index in [1.807, 2.05) is 41.1 Å². The van der Waals surface area contributed by atoms with Gasteiger partial charge in [0.25, 0.3) is 6.47 Å². The van der Waals surface area contributed by atoms with E-state index in [4.69, 9.17) is 14.6 Å². The van der Waals surface area contributed by atoms with Crippen molar-refractivity contribution in [2.45, 2.75) is 6.04 Å². The van der Waals surface area contributed by atoms with E-state index < -0.39 is 10.0 Å². The van der Waals surface area contributed by atoms with Crippen LogP contribution in [0.1, 0.15) is 6.04 Å². The van der Waals surface area contributed by atoms with Crippen LogP contribution >= 0.6 is 0 Å². The first-order chi connectivity index (χ1) is 14.4. The zero-order chi connectivity index (χ0) is 21.7. The van der Waals surface area contributed by atoms with E-state index in [0.717, 1.165) is 22.3 Å². The quantitative estimate of drug-likeness (QED) is 0.612. The second-order valence-electron chi connectivity index (χ2n) is 7.07. The number of benzene rings is 1. The highest BCUT2D eigenvalue weighted by atomic mass is 32.2. The molecular weight excluding hydrogens is 408 g/mol. The summed E-state index contributed by atoms with van der Waals surface area (Å²) >= 11 is 0. The molecule has 1 fully saturated rings. The van der Waals surface area contributed by atoms with Crippen LogP contribution in [0.2, 0.25) is 0 Å². The number of carbonyl (C=O) groups is 1. The number of ether oxygens (including phenoxy) is 1. The molecule has 0 amide bonds. The number of sulfonamides is 1. The molecule has 0 spiro atoms. The highest BCUT2D eigenvalue weighted by Crippen LogP contribution is 2.33. The molecule has 0 saturated carbocycles. The number of rotatable bonds is 5. The molecule has 30 heavy (non-hydrogen) atoms. The average Bonchev–Trinajstić information content (AvgIpc) is 3.36. The lowest BCUT2D eigenvalue weighted by molar-refractivity contribution is -0.122. The lowest BCUT2D eigenvalue weighted by atomic mass is 10.0. The van der Waals surface area contributed by atoms with Gasteiger partial charge in [-0.25, -0.2) is 17.7 Å². The molecular formula is C20H24N4O5S. The molecule has 1 aliphatic heterocycles. The highest BCUT2D eigenvalue weighted by Gasteiger charge is 2.35. The first-order valence-corrected chi connectivity index (χ1v) is 10.9. The summed E-state index contributed by atoms with van der Waals surface area (Å²) in [5.41, 5.74) is 1.88. The van der Waals surface area contributed by atoms with Crippen LogP contribution in [0.5, 0.6) is 0 Å². The van der Waals surface area contributed by atoms with Gasteiger partial charge in [-0.15, -0.1) is 0 Å². The molecule has 1 aliphatic rings. The fourth-order valence-electron chi connectivity index (χ4n) is 3.55. The van der Waals surface area contributed by atoms with Crippen LogP contribution in [0, 0.1) is 5.92 Å². The predicted molar refractivity (Wildman–Crippen MR) is 112 cm³/mol. The number of pyridine rings is 1. The van der Waals surface area contributed by atoms with Gasteiger partial charge in [-0.2, -0.15) is 0 Å². The minimum Gasteiger partial charge on any atom is -0.483 e. The maximum Gasteiger partial charge on any atom is 0.290 e. The van der Waals surface area contributed by atoms with Gasteiger partial charge in [-0.3, -0.25) is 9.78 Å². The minimum absolute atomic E-state index is 0.0549. The van der Waals surface area contributed by atoms with Crippen LogP contribution < -0.4 is 0 Å². The summed E-state index contributed by atoms with van der Waals surface area (Å²) < 4.78 is 33.7. The Bertz CT molecular complexity index is 1110. The van der Waals surface area contributed by atoms with E-state index in [0.29, 0.717) is 13.2 Å². The van der Waals surface area contributed by atoms with Gasteiger partial charge in [0, 0.05) is 49.6 Å². The Labute approximate surface area is 175 Å². The van der Waals surface area contributed by atoms with E-state index in [2.05, 4.69) is 9.97 Å². The molecule has 9 nitrogen and oxygen atoms in total. The number of aromatic nitrogens is 3. The van der Waals surface area contributed by atoms with Crippen LogP contribution in [0.25, 0.3) is 22.3 Å². The first kappa shape index (κ1) is 21.9. The van der Waals surface area contributed by atoms with Gasteiger partial charge in [-0.1, -0.05) is 18.2 Å². The number of hydrogen-bond acceptors (Lipinski definition) is 6. The van der Waals surface area contributed by atoms with Crippen LogP contribution in [-0.4, -0.2) is 71.9 Å². The number of carboxylic acid groups (broad SMARTS) is 1. The second-order valence-corrected chi connectivity index (χ2v) is 9.29. The maximum atomic E-state index is 12.4. The van der Waals surface area contributed by atoms with Gasteiger partial charge < -0.3 is 14.4 Å². The zero-order valence-corrected chi connectivity index (χ0v) is 17.6. The van der Waals surface area contributed by atoms with Gasteiger partial charge in [-0.05, 0) is 12.1 Å². The van der Waals surface area contributed by atoms with Gasteiger partial charge in [0.15, 0.2) is 0 Å². The Morgan fingerprint density at radius 3 is 2.67 bits per heavy atom. The molecule has 0 aliphatic carbocycles. The standard InChI is InChI=1S/C19H22N4O3S.CH2O2/c1-22(2)27(24,25)13-14-11-26-12-18(14)23-10-9-21-19(23)16-7-8-20-17-6-4-3-5-15(16)17;2-1-3/h3-10,14,18H,11-13H2,1-2H3;1H,(H,2,3)/t14-,18+;/m0./s1. The topological polar surface area (TPSA) is 115 Å². The predicted octanol–water partition coefficient (Wildman–Crippen LogP) is 1.88. The summed E-state index contributed by atoms with van der Waals surface area (Å²) in [5, 5.41) is 7.91. The van der Waals surface area contributed by atoms with Gasteiger partial charge >= 0.3 is 0 Å². The van der Waals surface area contributed by atoms with E-state index in [9.17, 15) is 8.42 Å². The number of para-hydroxylation sites is 1. The molecule has 0 bridgehead atoms. The minimum atomic E-state index is -3.31. The fourth-order valence-corrected chi connectivity index (χ4v) is 4.71. The molecule has 2 aromatic heterocycles. The summed E-state index contributed by atoms with van der Waals surface area (Å²) in [6, 6.07) is 9.80. The van der Waals surface area contributed by atoms with Crippen molar-refractivity contribution in [3.05, 3.63) is 48.9 Å². The molecule has 1 saturated heterocycles. The maximum absolute atomic E-state index is 12.4. The van der Waals surface area contributed by atoms with Gasteiger partial charge in [0.2, 0.25) is 10.0 Å². The molecule has 1 aromatic carbocycles. The first-order valence-electron chi connectivity index (χ1n) is 9.31. The zero-order valence-electron chi connectivity index (χ0n) is 16.7. The number of hydrogen-bond donors (Lipinski definition) is 1. The summed E-state index contributed by atoms with van der Waals surface area (Å²) in [5.74, 6) is 0.731. The summed E-state index contributed by atoms with van der Waals surface area (Å²) in [4.78, 5) is 17.3. The fraction of sp³-hybridized carbons (Fsp3) is 0.350. The van der Waals surface area contributed by atoms with Crippen molar-refractivity contribution in [1.29, 1.82) is 0 Å². The van der Waals surface area contributed by atoms with Gasteiger partial charge in [0.1, 0.15) is 5.82 Å². The average molecular weight is 433 g/mol. The number of fused-ring (bicyclic) bond motifs is 1. The van der Waals surface area contributed by atoms with E-state index >= 15 is 0 Å². The summed E-state index contributed by atoms with van der Waals surface area (Å²) in [6.45, 7) is 0.645. The third kappa shape index (κ3) is 4.50. The molecule has 160 valence electrons. The Balaban J connectivity index is 0.000000806. The summed E-state index contributed by atoms with van der Waals surface area (Å²) in [7, 11) is -0.185. The van der Waals surface area contributed by atoms with Crippen molar-refractivity contribution >= 4 is 27.4 Å². The van der Waals surface area contributed by atoms with Crippen molar-refractivity contribution in [3.8, 4) is 11.4 Å². The molecule has 3 heterocycles. The molecule has 2 atom stereocenters. The second kappa shape index (κ2) is 9.33. The molecule has 4 rings (SSSR count). The third-order valence-electron chi connectivity index (χ3n) is 5.06. The smallest absolute Gasteiger partial charge is 0.290 e. The lowest BCUT2D eigenvalue weighted by Crippen LogP contribution is -2.32. The molecule has 10 heteroatoms. The van der Waals surface area contributed by atoms with Crippen molar-refractivity contribution in [2.24, 2.45) is 5.92 Å². The van der Waals surface area contributed by atoms with Crippen LogP contribution in [0.4, 0.5) is 0 Å². The van der Waals surface area contributed by atoms with Crippen LogP contribution in [-0.2, 0) is 19.6 Å². The van der Waals surface area contributed by atoms with Crippen molar-refractivity contribution in [3.63, 3.8) is 0 Å². The molecule has 0 radical (unpaired) electrons. The van der Waals surface area contributed by atoms with Crippen molar-refractivity contribution in [2.75, 3.05) is 33.1 Å². The third-order valence-corrected chi connectivity index (χ3v) is 7.02. The van der Waals surface area contributed by atoms with E-state index in [1.165, 1.54) is 4.31 Å². The van der Waals surface area contributed by atoms with Crippen LogP contribution in [0.15, 0.2) is 48.9 Å². The van der Waals surface area contributed by atoms with Gasteiger partial charge in [0.05, 0.1) is 30.5 Å². The molecule has 1 N–H and O–H groups in total. The van der Waals surface area contributed by atoms with E-state index in [-0.39, 0.29) is 24.2 Å². The SMILES string of the molecule is CN(C)S(=O)(=O)C[C@@H]1COC[C@H]1n1ccnc1-c1ccnc2ccccc12.O=CO. The van der Waals surface area contributed by atoms with Crippen molar-refractivity contribution < 1.29 is 23.1 Å². The molecule has 3 aromatic rings. The monoisotopic (exact) mass is 432 g/mol. The number of nitrogens with zero attached hydrogens (tertiary/aromatic N) is 4. The summed E-state index contributed by atoms with van der Waals surface area (Å²) in [6.07, 6.45) is 5.43. The van der Waals surface area contributed by atoms with Crippen molar-refractivity contribution in [1.82, 2.24) is 18.8 Å². The van der Waals surface area contributed by atoms with E-state index in [1.54, 1.807) is 26.5 Å².